The van der Waals surface area contributed by atoms with Crippen LogP contribution in [0.1, 0.15) is 12.8 Å². The number of hydrogen-bond donors (Lipinski definition) is 1. The van der Waals surface area contributed by atoms with Crippen molar-refractivity contribution in [3.63, 3.8) is 0 Å². The van der Waals surface area contributed by atoms with Crippen molar-refractivity contribution in [1.82, 2.24) is 9.55 Å². The predicted molar refractivity (Wildman–Crippen MR) is 116 cm³/mol. The smallest absolute Gasteiger partial charge is 0.262 e. The maximum absolute atomic E-state index is 13.3. The molecule has 1 aliphatic heterocycles. The van der Waals surface area contributed by atoms with Crippen molar-refractivity contribution < 1.29 is 13.9 Å². The van der Waals surface area contributed by atoms with Gasteiger partial charge >= 0.3 is 0 Å². The van der Waals surface area contributed by atoms with Gasteiger partial charge in [0.15, 0.2) is 5.16 Å². The maximum Gasteiger partial charge on any atom is 0.262 e. The molecule has 156 valence electrons. The van der Waals surface area contributed by atoms with Gasteiger partial charge in [-0.15, -0.1) is 0 Å². The van der Waals surface area contributed by atoms with E-state index in [0.29, 0.717) is 34.9 Å². The molecule has 30 heavy (non-hydrogen) atoms. The summed E-state index contributed by atoms with van der Waals surface area (Å²) in [6, 6.07) is 11.1. The fraction of sp³-hybridized carbons (Fsp3) is 0.286. The van der Waals surface area contributed by atoms with Crippen molar-refractivity contribution in [2.75, 3.05) is 17.7 Å². The zero-order valence-corrected chi connectivity index (χ0v) is 17.5. The number of aromatic nitrogens is 2. The second-order valence-corrected chi connectivity index (χ2v) is 8.28. The van der Waals surface area contributed by atoms with Crippen molar-refractivity contribution in [2.45, 2.75) is 30.6 Å². The lowest BCUT2D eigenvalue weighted by molar-refractivity contribution is -0.113. The van der Waals surface area contributed by atoms with E-state index in [4.69, 9.17) is 16.3 Å². The summed E-state index contributed by atoms with van der Waals surface area (Å²) >= 11 is 6.92. The Morgan fingerprint density at radius 2 is 2.17 bits per heavy atom. The van der Waals surface area contributed by atoms with E-state index < -0.39 is 5.82 Å². The van der Waals surface area contributed by atoms with Gasteiger partial charge < -0.3 is 10.1 Å². The Bertz CT molecular complexity index is 1150. The number of hydrogen-bond acceptors (Lipinski definition) is 5. The normalized spacial score (nSPS) is 16.1. The fourth-order valence-electron chi connectivity index (χ4n) is 3.31. The molecule has 0 aliphatic carbocycles. The number of nitrogens with one attached hydrogen (secondary N) is 1. The minimum Gasteiger partial charge on any atom is -0.376 e. The average molecular weight is 448 g/mol. The highest BCUT2D eigenvalue weighted by molar-refractivity contribution is 7.99. The number of nitrogens with zero attached hydrogens (tertiary/aromatic N) is 2. The lowest BCUT2D eigenvalue weighted by Gasteiger charge is -2.16. The molecule has 0 saturated carbocycles. The van der Waals surface area contributed by atoms with E-state index in [1.807, 2.05) is 6.07 Å². The van der Waals surface area contributed by atoms with E-state index >= 15 is 0 Å². The van der Waals surface area contributed by atoms with Crippen LogP contribution < -0.4 is 10.9 Å². The minimum absolute atomic E-state index is 0.0330. The van der Waals surface area contributed by atoms with Gasteiger partial charge in [0, 0.05) is 12.3 Å². The van der Waals surface area contributed by atoms with E-state index in [-0.39, 0.29) is 28.3 Å². The molecule has 2 heterocycles. The number of rotatable bonds is 6. The fourth-order valence-corrected chi connectivity index (χ4v) is 4.30. The number of amides is 1. The van der Waals surface area contributed by atoms with Gasteiger partial charge in [-0.2, -0.15) is 0 Å². The molecule has 3 aromatic rings. The zero-order chi connectivity index (χ0) is 21.1. The molecular formula is C21H19ClFN3O3S. The average Bonchev–Trinajstić information content (AvgIpc) is 3.25. The van der Waals surface area contributed by atoms with Crippen LogP contribution in [-0.4, -0.2) is 33.9 Å². The van der Waals surface area contributed by atoms with Crippen LogP contribution in [0.2, 0.25) is 5.02 Å². The molecule has 0 bridgehead atoms. The summed E-state index contributed by atoms with van der Waals surface area (Å²) in [5.74, 6) is -0.832. The second kappa shape index (κ2) is 9.16. The first-order valence-corrected chi connectivity index (χ1v) is 10.9. The second-order valence-electron chi connectivity index (χ2n) is 6.93. The van der Waals surface area contributed by atoms with Crippen LogP contribution in [0.25, 0.3) is 10.9 Å². The standard InChI is InChI=1S/C21H19ClFN3O3S/c22-16-10-13(7-8-17(16)23)24-19(27)12-30-21-25-18-6-2-1-5-15(18)20(28)26(21)11-14-4-3-9-29-14/h1-2,5-8,10,14H,3-4,9,11-12H2,(H,24,27). The highest BCUT2D eigenvalue weighted by atomic mass is 35.5. The van der Waals surface area contributed by atoms with E-state index in [2.05, 4.69) is 10.3 Å². The van der Waals surface area contributed by atoms with Crippen molar-refractivity contribution in [3.8, 4) is 0 Å². The number of benzene rings is 2. The third-order valence-corrected chi connectivity index (χ3v) is 6.04. The summed E-state index contributed by atoms with van der Waals surface area (Å²) in [7, 11) is 0. The van der Waals surface area contributed by atoms with Gasteiger partial charge in [-0.3, -0.25) is 14.2 Å². The number of fused-ring (bicyclic) bond motifs is 1. The Morgan fingerprint density at radius 3 is 2.93 bits per heavy atom. The van der Waals surface area contributed by atoms with E-state index in [0.717, 1.165) is 12.8 Å². The summed E-state index contributed by atoms with van der Waals surface area (Å²) in [4.78, 5) is 30.0. The largest absolute Gasteiger partial charge is 0.376 e. The van der Waals surface area contributed by atoms with E-state index in [1.54, 1.807) is 22.8 Å². The minimum atomic E-state index is -0.553. The molecule has 1 N–H and O–H groups in total. The monoisotopic (exact) mass is 447 g/mol. The molecule has 6 nitrogen and oxygen atoms in total. The predicted octanol–water partition coefficient (Wildman–Crippen LogP) is 4.10. The summed E-state index contributed by atoms with van der Waals surface area (Å²) in [5, 5.41) is 3.60. The summed E-state index contributed by atoms with van der Waals surface area (Å²) in [6.07, 6.45) is 1.81. The zero-order valence-electron chi connectivity index (χ0n) is 15.9. The van der Waals surface area contributed by atoms with Crippen LogP contribution in [0, 0.1) is 5.82 Å². The van der Waals surface area contributed by atoms with Crippen LogP contribution in [-0.2, 0) is 16.1 Å². The third kappa shape index (κ3) is 4.66. The first-order valence-electron chi connectivity index (χ1n) is 9.50. The van der Waals surface area contributed by atoms with Gasteiger partial charge in [0.2, 0.25) is 5.91 Å². The number of carbonyl (C=O) groups excluding carboxylic acids is 1. The van der Waals surface area contributed by atoms with Crippen molar-refractivity contribution in [1.29, 1.82) is 0 Å². The molecule has 1 atom stereocenters. The molecule has 1 saturated heterocycles. The molecular weight excluding hydrogens is 429 g/mol. The molecule has 2 aromatic carbocycles. The molecule has 4 rings (SSSR count). The number of carbonyl (C=O) groups is 1. The first-order chi connectivity index (χ1) is 14.5. The van der Waals surface area contributed by atoms with Crippen LogP contribution in [0.4, 0.5) is 10.1 Å². The van der Waals surface area contributed by atoms with E-state index in [1.165, 1.54) is 30.0 Å². The highest BCUT2D eigenvalue weighted by Gasteiger charge is 2.20. The van der Waals surface area contributed by atoms with E-state index in [9.17, 15) is 14.0 Å². The van der Waals surface area contributed by atoms with Gasteiger partial charge in [0.25, 0.3) is 5.56 Å². The Kier molecular flexibility index (Phi) is 6.36. The van der Waals surface area contributed by atoms with Crippen LogP contribution in [0.15, 0.2) is 52.4 Å². The van der Waals surface area contributed by atoms with Gasteiger partial charge in [0.1, 0.15) is 5.82 Å². The lowest BCUT2D eigenvalue weighted by Crippen LogP contribution is -2.29. The first kappa shape index (κ1) is 20.8. The molecule has 1 amide bonds. The SMILES string of the molecule is O=C(CSc1nc2ccccc2c(=O)n1CC1CCCO1)Nc1ccc(F)c(Cl)c1. The van der Waals surface area contributed by atoms with Gasteiger partial charge in [-0.25, -0.2) is 9.37 Å². The van der Waals surface area contributed by atoms with Gasteiger partial charge in [-0.1, -0.05) is 35.5 Å². The Balaban J connectivity index is 1.55. The number of para-hydroxylation sites is 1. The maximum atomic E-state index is 13.3. The molecule has 1 unspecified atom stereocenters. The van der Waals surface area contributed by atoms with Crippen LogP contribution in [0.3, 0.4) is 0 Å². The number of ether oxygens (including phenoxy) is 1. The van der Waals surface area contributed by atoms with Crippen molar-refractivity contribution in [2.24, 2.45) is 0 Å². The summed E-state index contributed by atoms with van der Waals surface area (Å²) in [6.45, 7) is 1.08. The van der Waals surface area contributed by atoms with Crippen molar-refractivity contribution in [3.05, 3.63) is 63.7 Å². The lowest BCUT2D eigenvalue weighted by atomic mass is 10.2. The van der Waals surface area contributed by atoms with Crippen molar-refractivity contribution >= 4 is 45.9 Å². The Hall–Kier alpha value is -2.42. The topological polar surface area (TPSA) is 73.2 Å². The summed E-state index contributed by atoms with van der Waals surface area (Å²) in [5.41, 5.74) is 0.832. The van der Waals surface area contributed by atoms with Crippen LogP contribution >= 0.6 is 23.4 Å². The quantitative estimate of drug-likeness (QED) is 0.455. The molecule has 1 aliphatic rings. The number of thioether (sulfide) groups is 1. The van der Waals surface area contributed by atoms with Gasteiger partial charge in [-0.05, 0) is 43.2 Å². The molecule has 0 radical (unpaired) electrons. The summed E-state index contributed by atoms with van der Waals surface area (Å²) < 4.78 is 20.6. The van der Waals surface area contributed by atoms with Crippen LogP contribution in [0.5, 0.6) is 0 Å². The Morgan fingerprint density at radius 1 is 1.33 bits per heavy atom. The highest BCUT2D eigenvalue weighted by Crippen LogP contribution is 2.22. The number of halogens is 2. The molecule has 0 spiro atoms. The third-order valence-electron chi connectivity index (χ3n) is 4.77. The molecule has 1 fully saturated rings. The van der Waals surface area contributed by atoms with Gasteiger partial charge in [0.05, 0.1) is 34.3 Å². The number of anilines is 1. The molecule has 1 aromatic heterocycles. The molecule has 9 heteroatoms. The Labute approximate surface area is 181 Å².